The summed E-state index contributed by atoms with van der Waals surface area (Å²) in [6.45, 7) is 4.40. The molecule has 4 unspecified atom stereocenters. The third kappa shape index (κ3) is 6.24. The summed E-state index contributed by atoms with van der Waals surface area (Å²) >= 11 is 0. The number of ether oxygens (including phenoxy) is 1. The first-order valence-electron chi connectivity index (χ1n) is 13.9. The van der Waals surface area contributed by atoms with Crippen LogP contribution in [0, 0.1) is 35.2 Å². The fourth-order valence-electron chi connectivity index (χ4n) is 6.65. The summed E-state index contributed by atoms with van der Waals surface area (Å²) in [6, 6.07) is 4.02. The van der Waals surface area contributed by atoms with E-state index in [9.17, 15) is 4.39 Å². The summed E-state index contributed by atoms with van der Waals surface area (Å²) in [4.78, 5) is 0. The second kappa shape index (κ2) is 12.3. The smallest absolute Gasteiger partial charge is 0.140 e. The Kier molecular flexibility index (Phi) is 9.19. The van der Waals surface area contributed by atoms with E-state index in [0.717, 1.165) is 25.2 Å². The molecular formula is C31H41F3O. The van der Waals surface area contributed by atoms with E-state index < -0.39 is 17.5 Å². The lowest BCUT2D eigenvalue weighted by Gasteiger charge is -2.42. The number of hydrogen-bond donors (Lipinski definition) is 0. The van der Waals surface area contributed by atoms with Crippen molar-refractivity contribution < 1.29 is 17.9 Å². The van der Waals surface area contributed by atoms with E-state index in [1.165, 1.54) is 76.0 Å². The molecule has 35 heavy (non-hydrogen) atoms. The van der Waals surface area contributed by atoms with E-state index in [1.54, 1.807) is 6.08 Å². The zero-order valence-electron chi connectivity index (χ0n) is 21.4. The molecular weight excluding hydrogens is 445 g/mol. The molecule has 0 bridgehead atoms. The molecule has 0 aliphatic heterocycles. The Morgan fingerprint density at radius 3 is 2.46 bits per heavy atom. The molecule has 2 saturated carbocycles. The van der Waals surface area contributed by atoms with Gasteiger partial charge < -0.3 is 4.74 Å². The molecule has 2 aromatic carbocycles. The van der Waals surface area contributed by atoms with Crippen molar-refractivity contribution in [2.45, 2.75) is 96.8 Å². The molecule has 4 rings (SSSR count). The minimum absolute atomic E-state index is 0.0930. The van der Waals surface area contributed by atoms with Gasteiger partial charge in [0.15, 0.2) is 0 Å². The minimum atomic E-state index is -0.721. The fraction of sp³-hybridized carbons (Fsp3) is 0.613. The second-order valence-corrected chi connectivity index (χ2v) is 10.9. The van der Waals surface area contributed by atoms with Crippen LogP contribution < -0.4 is 4.74 Å². The lowest BCUT2D eigenvalue weighted by atomic mass is 9.63. The van der Waals surface area contributed by atoms with Gasteiger partial charge in [-0.15, -0.1) is 0 Å². The Morgan fingerprint density at radius 1 is 0.886 bits per heavy atom. The summed E-state index contributed by atoms with van der Waals surface area (Å²) < 4.78 is 51.2. The molecule has 0 aromatic heterocycles. The van der Waals surface area contributed by atoms with Gasteiger partial charge in [-0.25, -0.2) is 13.2 Å². The van der Waals surface area contributed by atoms with Gasteiger partial charge >= 0.3 is 0 Å². The summed E-state index contributed by atoms with van der Waals surface area (Å²) in [6.07, 6.45) is 17.9. The van der Waals surface area contributed by atoms with Crippen LogP contribution in [0.3, 0.4) is 0 Å². The zero-order chi connectivity index (χ0) is 24.8. The van der Waals surface area contributed by atoms with E-state index >= 15 is 8.78 Å². The summed E-state index contributed by atoms with van der Waals surface area (Å²) in [5.41, 5.74) is 0.0930. The maximum Gasteiger partial charge on any atom is 0.140 e. The van der Waals surface area contributed by atoms with Crippen LogP contribution in [0.4, 0.5) is 13.2 Å². The van der Waals surface area contributed by atoms with Crippen LogP contribution in [-0.2, 0) is 0 Å². The molecule has 0 heterocycles. The van der Waals surface area contributed by atoms with Crippen LogP contribution in [0.2, 0.25) is 0 Å². The highest BCUT2D eigenvalue weighted by Gasteiger charge is 2.37. The molecule has 192 valence electrons. The van der Waals surface area contributed by atoms with E-state index in [2.05, 4.69) is 6.92 Å². The molecule has 0 saturated heterocycles. The second-order valence-electron chi connectivity index (χ2n) is 10.9. The van der Waals surface area contributed by atoms with E-state index in [-0.39, 0.29) is 34.6 Å². The Balaban J connectivity index is 1.43. The maximum atomic E-state index is 15.6. The highest BCUT2D eigenvalue weighted by atomic mass is 19.1. The van der Waals surface area contributed by atoms with E-state index in [4.69, 9.17) is 4.74 Å². The van der Waals surface area contributed by atoms with Crippen molar-refractivity contribution in [3.63, 3.8) is 0 Å². The fourth-order valence-corrected chi connectivity index (χ4v) is 6.65. The van der Waals surface area contributed by atoms with Crippen molar-refractivity contribution in [1.29, 1.82) is 0 Å². The van der Waals surface area contributed by atoms with Gasteiger partial charge in [0.2, 0.25) is 0 Å². The van der Waals surface area contributed by atoms with Crippen LogP contribution in [0.1, 0.15) is 102 Å². The van der Waals surface area contributed by atoms with Crippen molar-refractivity contribution in [1.82, 2.24) is 0 Å². The summed E-state index contributed by atoms with van der Waals surface area (Å²) in [7, 11) is 0. The third-order valence-corrected chi connectivity index (χ3v) is 8.52. The van der Waals surface area contributed by atoms with Gasteiger partial charge in [-0.3, -0.25) is 0 Å². The first kappa shape index (κ1) is 26.1. The molecule has 0 amide bonds. The van der Waals surface area contributed by atoms with Gasteiger partial charge in [-0.05, 0) is 80.2 Å². The average Bonchev–Trinajstić information content (AvgIpc) is 2.83. The molecule has 1 nitrogen and oxygen atoms in total. The third-order valence-electron chi connectivity index (χ3n) is 8.52. The SMILES string of the molecule is CC=CCOc1cc(F)c2c(F)c(C3CCC4CC(CCCCCCC)CCC4C3)c(F)cc2c1. The molecule has 4 heteroatoms. The van der Waals surface area contributed by atoms with E-state index in [1.807, 2.05) is 13.0 Å². The number of benzene rings is 2. The highest BCUT2D eigenvalue weighted by Crippen LogP contribution is 2.49. The van der Waals surface area contributed by atoms with Gasteiger partial charge in [0.25, 0.3) is 0 Å². The topological polar surface area (TPSA) is 9.23 Å². The molecule has 0 spiro atoms. The lowest BCUT2D eigenvalue weighted by molar-refractivity contribution is 0.111. The van der Waals surface area contributed by atoms with E-state index in [0.29, 0.717) is 11.8 Å². The lowest BCUT2D eigenvalue weighted by Crippen LogP contribution is -2.31. The Morgan fingerprint density at radius 2 is 1.66 bits per heavy atom. The summed E-state index contributed by atoms with van der Waals surface area (Å²) in [5.74, 6) is 0.184. The highest BCUT2D eigenvalue weighted by molar-refractivity contribution is 5.86. The van der Waals surface area contributed by atoms with Crippen LogP contribution in [-0.4, -0.2) is 6.61 Å². The Bertz CT molecular complexity index is 1010. The number of halogens is 3. The number of allylic oxidation sites excluding steroid dienone is 1. The Hall–Kier alpha value is -1.97. The molecule has 2 aliphatic rings. The predicted octanol–water partition coefficient (Wildman–Crippen LogP) is 9.87. The van der Waals surface area contributed by atoms with Crippen LogP contribution in [0.5, 0.6) is 5.75 Å². The van der Waals surface area contributed by atoms with Gasteiger partial charge in [0, 0.05) is 11.6 Å². The van der Waals surface area contributed by atoms with Gasteiger partial charge in [-0.1, -0.05) is 64.0 Å². The van der Waals surface area contributed by atoms with Gasteiger partial charge in [0.05, 0.1) is 5.39 Å². The maximum absolute atomic E-state index is 15.6. The number of hydrogen-bond acceptors (Lipinski definition) is 1. The normalized spacial score (nSPS) is 24.7. The molecule has 2 aliphatic carbocycles. The van der Waals surface area contributed by atoms with Crippen molar-refractivity contribution in [2.24, 2.45) is 17.8 Å². The molecule has 4 atom stereocenters. The average molecular weight is 487 g/mol. The van der Waals surface area contributed by atoms with Gasteiger partial charge in [0.1, 0.15) is 29.8 Å². The molecule has 0 N–H and O–H groups in total. The van der Waals surface area contributed by atoms with Crippen LogP contribution in [0.15, 0.2) is 30.4 Å². The summed E-state index contributed by atoms with van der Waals surface area (Å²) in [5, 5.41) is 0.0982. The largest absolute Gasteiger partial charge is 0.489 e. The molecule has 2 aromatic rings. The van der Waals surface area contributed by atoms with Crippen LogP contribution >= 0.6 is 0 Å². The van der Waals surface area contributed by atoms with Crippen molar-refractivity contribution in [2.75, 3.05) is 6.61 Å². The standard InChI is InChI=1S/C31H41F3O/c1-3-5-7-8-9-10-21-11-12-23-17-24(14-13-22(23)16-21)29-27(32)19-25-18-26(35-15-6-4-2)20-28(33)30(25)31(29)34/h4,6,18-24H,3,5,7-17H2,1-2H3. The monoisotopic (exact) mass is 486 g/mol. The van der Waals surface area contributed by atoms with Crippen molar-refractivity contribution in [3.05, 3.63) is 53.4 Å². The molecule has 2 fully saturated rings. The first-order chi connectivity index (χ1) is 17.0. The van der Waals surface area contributed by atoms with Crippen molar-refractivity contribution >= 4 is 10.8 Å². The van der Waals surface area contributed by atoms with Gasteiger partial charge in [-0.2, -0.15) is 0 Å². The molecule has 0 radical (unpaired) electrons. The van der Waals surface area contributed by atoms with Crippen LogP contribution in [0.25, 0.3) is 10.8 Å². The first-order valence-corrected chi connectivity index (χ1v) is 13.9. The quantitative estimate of drug-likeness (QED) is 0.240. The minimum Gasteiger partial charge on any atom is -0.489 e. The number of rotatable bonds is 10. The van der Waals surface area contributed by atoms with Crippen molar-refractivity contribution in [3.8, 4) is 5.75 Å². The Labute approximate surface area is 209 Å². The number of fused-ring (bicyclic) bond motifs is 2. The predicted molar refractivity (Wildman–Crippen MR) is 138 cm³/mol. The zero-order valence-corrected chi connectivity index (χ0v) is 21.4. The number of unbranched alkanes of at least 4 members (excludes halogenated alkanes) is 4.